The zero-order valence-corrected chi connectivity index (χ0v) is 21.1. The predicted octanol–water partition coefficient (Wildman–Crippen LogP) is 4.58. The van der Waals surface area contributed by atoms with Crippen molar-refractivity contribution < 1.29 is 28.6 Å². The summed E-state index contributed by atoms with van der Waals surface area (Å²) in [6, 6.07) is 23.2. The van der Waals surface area contributed by atoms with E-state index in [1.54, 1.807) is 18.2 Å². The molecule has 1 N–H and O–H groups in total. The summed E-state index contributed by atoms with van der Waals surface area (Å²) in [6.45, 7) is 0. The van der Waals surface area contributed by atoms with Gasteiger partial charge in [0.25, 0.3) is 5.24 Å². The molecule has 0 unspecified atom stereocenters. The van der Waals surface area contributed by atoms with Crippen LogP contribution in [0.1, 0.15) is 41.8 Å². The summed E-state index contributed by atoms with van der Waals surface area (Å²) in [5, 5.41) is 7.82. The summed E-state index contributed by atoms with van der Waals surface area (Å²) in [7, 11) is 1.48. The molecule has 3 aromatic carbocycles. The second kappa shape index (κ2) is 9.86. The van der Waals surface area contributed by atoms with Gasteiger partial charge in [0.1, 0.15) is 11.0 Å². The third-order valence-corrected chi connectivity index (χ3v) is 7.60. The number of nitrogens with one attached hydrogen (secondary N) is 1. The van der Waals surface area contributed by atoms with Gasteiger partial charge < -0.3 is 14.2 Å². The summed E-state index contributed by atoms with van der Waals surface area (Å²) in [6.07, 6.45) is -0.0233. The third kappa shape index (κ3) is 4.47. The highest BCUT2D eigenvalue weighted by Crippen LogP contribution is 2.48. The molecule has 3 aliphatic rings. The first-order valence-electron chi connectivity index (χ1n) is 12.1. The molecule has 0 aromatic heterocycles. The largest absolute Gasteiger partial charge is 0.493 e. The van der Waals surface area contributed by atoms with Crippen molar-refractivity contribution in [3.05, 3.63) is 89.5 Å². The van der Waals surface area contributed by atoms with Crippen LogP contribution in [-0.4, -0.2) is 40.2 Å². The molecular weight excluding hydrogens is 506 g/mol. The normalized spacial score (nSPS) is 21.7. The van der Waals surface area contributed by atoms with Crippen molar-refractivity contribution in [1.82, 2.24) is 10.3 Å². The van der Waals surface area contributed by atoms with Crippen molar-refractivity contribution in [2.75, 3.05) is 7.11 Å². The number of methoxy groups -OCH3 is 1. The number of nitrogens with zero attached hydrogens (tertiary/aromatic N) is 2. The van der Waals surface area contributed by atoms with E-state index < -0.39 is 28.6 Å². The minimum atomic E-state index is -0.806. The summed E-state index contributed by atoms with van der Waals surface area (Å²) in [5.41, 5.74) is 3.89. The van der Waals surface area contributed by atoms with Crippen LogP contribution in [0.5, 0.6) is 17.2 Å². The molecule has 3 aromatic rings. The summed E-state index contributed by atoms with van der Waals surface area (Å²) < 4.78 is 17.4. The lowest BCUT2D eigenvalue weighted by Gasteiger charge is -2.38. The van der Waals surface area contributed by atoms with Gasteiger partial charge in [-0.15, -0.1) is 0 Å². The van der Waals surface area contributed by atoms with Gasteiger partial charge in [-0.1, -0.05) is 60.3 Å². The fourth-order valence-corrected chi connectivity index (χ4v) is 5.63. The number of amides is 2. The average Bonchev–Trinajstić information content (AvgIpc) is 3.52. The van der Waals surface area contributed by atoms with Gasteiger partial charge in [0.15, 0.2) is 11.5 Å². The molecule has 9 nitrogen and oxygen atoms in total. The number of carbonyl (C=O) groups is 3. The van der Waals surface area contributed by atoms with Gasteiger partial charge in [0.05, 0.1) is 25.3 Å². The number of ether oxygens (including phenoxy) is 3. The van der Waals surface area contributed by atoms with Gasteiger partial charge in [-0.3, -0.25) is 19.7 Å². The standard InChI is InChI=1S/C28H23N3O6S/c1-35-23-13-17(11-12-22(23)36-25(32)15-24-26(33)29-28(34)38-24)27-31-20(18-9-5-6-10-21(18)37-27)14-19(30-31)16-7-3-2-4-8-16/h2-13,20,24,27H,14-15H2,1H3,(H,29,33,34)/t20-,24-,27+/m0/s1. The Morgan fingerprint density at radius 3 is 2.63 bits per heavy atom. The second-order valence-corrected chi connectivity index (χ2v) is 10.2. The second-order valence-electron chi connectivity index (χ2n) is 8.99. The van der Waals surface area contributed by atoms with E-state index in [9.17, 15) is 14.4 Å². The SMILES string of the molecule is COc1cc([C@H]2Oc3ccccc3[C@@H]3CC(c4ccccc4)=NN23)ccc1OC(=O)C[C@@H]1SC(=O)NC1=O. The highest BCUT2D eigenvalue weighted by molar-refractivity contribution is 8.15. The van der Waals surface area contributed by atoms with E-state index in [1.807, 2.05) is 41.4 Å². The van der Waals surface area contributed by atoms with Crippen LogP contribution in [0.2, 0.25) is 0 Å². The molecule has 0 radical (unpaired) electrons. The van der Waals surface area contributed by atoms with Gasteiger partial charge >= 0.3 is 5.97 Å². The highest BCUT2D eigenvalue weighted by Gasteiger charge is 2.41. The van der Waals surface area contributed by atoms with E-state index in [1.165, 1.54) is 7.11 Å². The Balaban J connectivity index is 1.28. The lowest BCUT2D eigenvalue weighted by molar-refractivity contribution is -0.136. The number of hydrazone groups is 1. The summed E-state index contributed by atoms with van der Waals surface area (Å²) >= 11 is 0.779. The van der Waals surface area contributed by atoms with Crippen molar-refractivity contribution in [3.63, 3.8) is 0 Å². The minimum Gasteiger partial charge on any atom is -0.493 e. The maximum absolute atomic E-state index is 12.5. The van der Waals surface area contributed by atoms with Crippen LogP contribution in [0.4, 0.5) is 4.79 Å². The maximum Gasteiger partial charge on any atom is 0.312 e. The number of hydrogen-bond acceptors (Lipinski definition) is 9. The molecule has 2 amide bonds. The van der Waals surface area contributed by atoms with Crippen LogP contribution in [-0.2, 0) is 9.59 Å². The molecule has 1 fully saturated rings. The number of fused-ring (bicyclic) bond motifs is 3. The van der Waals surface area contributed by atoms with Crippen molar-refractivity contribution >= 4 is 34.6 Å². The molecule has 0 spiro atoms. The Hall–Kier alpha value is -4.31. The average molecular weight is 530 g/mol. The monoisotopic (exact) mass is 529 g/mol. The first-order chi connectivity index (χ1) is 18.5. The molecule has 0 aliphatic carbocycles. The molecule has 3 atom stereocenters. The van der Waals surface area contributed by atoms with Crippen molar-refractivity contribution in [2.24, 2.45) is 5.10 Å². The van der Waals surface area contributed by atoms with E-state index in [0.29, 0.717) is 5.75 Å². The lowest BCUT2D eigenvalue weighted by atomic mass is 9.96. The van der Waals surface area contributed by atoms with Crippen LogP contribution in [0.15, 0.2) is 77.9 Å². The van der Waals surface area contributed by atoms with Crippen molar-refractivity contribution in [3.8, 4) is 17.2 Å². The molecule has 1 saturated heterocycles. The number of hydrogen-bond donors (Lipinski definition) is 1. The van der Waals surface area contributed by atoms with Crippen LogP contribution in [0.3, 0.4) is 0 Å². The Morgan fingerprint density at radius 1 is 1.08 bits per heavy atom. The van der Waals surface area contributed by atoms with Gasteiger partial charge in [0, 0.05) is 17.5 Å². The predicted molar refractivity (Wildman–Crippen MR) is 140 cm³/mol. The molecular formula is C28H23N3O6S. The van der Waals surface area contributed by atoms with E-state index in [0.717, 1.165) is 46.3 Å². The number of benzene rings is 3. The summed E-state index contributed by atoms with van der Waals surface area (Å²) in [4.78, 5) is 35.7. The Morgan fingerprint density at radius 2 is 1.87 bits per heavy atom. The van der Waals surface area contributed by atoms with Gasteiger partial charge in [-0.05, 0) is 29.8 Å². The number of thioether (sulfide) groups is 1. The minimum absolute atomic E-state index is 0.00132. The fourth-order valence-electron chi connectivity index (χ4n) is 4.82. The van der Waals surface area contributed by atoms with Gasteiger partial charge in [-0.25, -0.2) is 5.01 Å². The molecule has 10 heteroatoms. The van der Waals surface area contributed by atoms with Gasteiger partial charge in [-0.2, -0.15) is 5.10 Å². The zero-order valence-electron chi connectivity index (χ0n) is 20.3. The van der Waals surface area contributed by atoms with Gasteiger partial charge in [0.2, 0.25) is 12.1 Å². The van der Waals surface area contributed by atoms with E-state index in [4.69, 9.17) is 19.3 Å². The van der Waals surface area contributed by atoms with Crippen LogP contribution < -0.4 is 19.5 Å². The molecule has 192 valence electrons. The Labute approximate surface area is 222 Å². The van der Waals surface area contributed by atoms with Crippen LogP contribution >= 0.6 is 11.8 Å². The Kier molecular flexibility index (Phi) is 6.24. The number of imide groups is 1. The molecule has 38 heavy (non-hydrogen) atoms. The first kappa shape index (κ1) is 24.1. The van der Waals surface area contributed by atoms with Crippen LogP contribution in [0.25, 0.3) is 0 Å². The first-order valence-corrected chi connectivity index (χ1v) is 12.9. The van der Waals surface area contributed by atoms with Crippen molar-refractivity contribution in [1.29, 1.82) is 0 Å². The van der Waals surface area contributed by atoms with E-state index in [-0.39, 0.29) is 18.2 Å². The zero-order chi connectivity index (χ0) is 26.2. The van der Waals surface area contributed by atoms with E-state index >= 15 is 0 Å². The Bertz CT molecular complexity index is 1460. The number of carbonyl (C=O) groups excluding carboxylic acids is 3. The highest BCUT2D eigenvalue weighted by atomic mass is 32.2. The van der Waals surface area contributed by atoms with E-state index in [2.05, 4.69) is 23.5 Å². The van der Waals surface area contributed by atoms with Crippen molar-refractivity contribution in [2.45, 2.75) is 30.4 Å². The van der Waals surface area contributed by atoms with Crippen LogP contribution in [0, 0.1) is 0 Å². The molecule has 0 saturated carbocycles. The fraction of sp³-hybridized carbons (Fsp3) is 0.214. The quantitative estimate of drug-likeness (QED) is 0.365. The number of esters is 1. The smallest absolute Gasteiger partial charge is 0.312 e. The summed E-state index contributed by atoms with van der Waals surface area (Å²) in [5.74, 6) is 0.196. The molecule has 0 bridgehead atoms. The molecule has 3 heterocycles. The topological polar surface area (TPSA) is 107 Å². The molecule has 6 rings (SSSR count). The molecule has 3 aliphatic heterocycles. The maximum atomic E-state index is 12.5. The third-order valence-electron chi connectivity index (χ3n) is 6.62. The number of para-hydroxylation sites is 1. The lowest BCUT2D eigenvalue weighted by Crippen LogP contribution is -2.33. The number of rotatable bonds is 6.